The number of aromatic nitrogens is 1. The summed E-state index contributed by atoms with van der Waals surface area (Å²) in [6.07, 6.45) is 4.60. The lowest BCUT2D eigenvalue weighted by Crippen LogP contribution is -2.26. The monoisotopic (exact) mass is 824 g/mol. The molecule has 0 N–H and O–H groups in total. The lowest BCUT2D eigenvalue weighted by molar-refractivity contribution is 0.783. The highest BCUT2D eigenvalue weighted by atomic mass is 32.2. The van der Waals surface area contributed by atoms with Crippen LogP contribution in [0.3, 0.4) is 0 Å². The van der Waals surface area contributed by atoms with Crippen LogP contribution >= 0.6 is 24.4 Å². The van der Waals surface area contributed by atoms with E-state index in [-0.39, 0.29) is 5.25 Å². The Morgan fingerprint density at radius 3 is 1.72 bits per heavy atom. The van der Waals surface area contributed by atoms with E-state index in [1.165, 1.54) is 89.6 Å². The summed E-state index contributed by atoms with van der Waals surface area (Å²) in [5, 5.41) is 2.81. The van der Waals surface area contributed by atoms with E-state index in [2.05, 4.69) is 205 Å². The molecule has 0 radical (unpaired) electrons. The van der Waals surface area contributed by atoms with E-state index in [4.69, 9.17) is 12.6 Å². The van der Waals surface area contributed by atoms with E-state index in [0.29, 0.717) is 0 Å². The van der Waals surface area contributed by atoms with Crippen molar-refractivity contribution in [1.82, 2.24) is 4.57 Å². The SMILES string of the molecule is CCCCSc1ccc2c(c1)c1cc(C(S)CCC)ccc1n2-c1ccc(N(c2ccccc2)c2ccc3c(c2)C2(c4ccccc4-c4ccccc42)c2ccccc2-3)cc1. The molecule has 0 amide bonds. The maximum Gasteiger partial charge on any atom is 0.0726 e. The standard InChI is InChI=1S/C57H48N2S2/c1-3-5-34-61-43-30-33-55-49(37-43)48-35-38(56(60)15-4-2)24-32-54(48)59(55)41-27-25-40(26-28-41)58(39-16-7-6-8-17-39)42-29-31-47-46-20-11-14-23-52(46)57(53(47)36-42)50-21-12-9-18-44(50)45-19-10-13-22-51(45)57/h6-14,16-33,35-37,56,60H,3-5,15,34H2,1-2H3. The topological polar surface area (TPSA) is 8.17 Å². The number of hydrogen-bond donors (Lipinski definition) is 1. The number of nitrogens with zero attached hydrogens (tertiary/aromatic N) is 2. The molecule has 1 aromatic heterocycles. The van der Waals surface area contributed by atoms with Crippen molar-refractivity contribution in [2.24, 2.45) is 0 Å². The molecule has 0 fully saturated rings. The maximum absolute atomic E-state index is 5.03. The molecule has 8 aromatic carbocycles. The number of fused-ring (bicyclic) bond motifs is 13. The number of anilines is 3. The Bertz CT molecular complexity index is 3030. The van der Waals surface area contributed by atoms with Gasteiger partial charge in [0.05, 0.1) is 16.4 Å². The van der Waals surface area contributed by atoms with Crippen LogP contribution in [-0.4, -0.2) is 10.3 Å². The number of thiol groups is 1. The molecule has 298 valence electrons. The van der Waals surface area contributed by atoms with Gasteiger partial charge in [-0.05, 0) is 148 Å². The number of benzene rings is 8. The van der Waals surface area contributed by atoms with Crippen LogP contribution in [0.5, 0.6) is 0 Å². The molecule has 2 aliphatic rings. The van der Waals surface area contributed by atoms with Gasteiger partial charge in [-0.25, -0.2) is 0 Å². The number of hydrogen-bond acceptors (Lipinski definition) is 3. The number of thioether (sulfide) groups is 1. The second-order valence-electron chi connectivity index (χ2n) is 16.6. The van der Waals surface area contributed by atoms with Gasteiger partial charge in [0.15, 0.2) is 0 Å². The first kappa shape index (κ1) is 38.0. The van der Waals surface area contributed by atoms with Crippen molar-refractivity contribution in [3.05, 3.63) is 210 Å². The molecular weight excluding hydrogens is 777 g/mol. The fourth-order valence-corrected chi connectivity index (χ4v) is 11.8. The highest BCUT2D eigenvalue weighted by Crippen LogP contribution is 2.63. The fourth-order valence-electron chi connectivity index (χ4n) is 10.4. The summed E-state index contributed by atoms with van der Waals surface area (Å²) in [5.41, 5.74) is 18.5. The normalized spacial score (nSPS) is 13.6. The summed E-state index contributed by atoms with van der Waals surface area (Å²) >= 11 is 7.00. The van der Waals surface area contributed by atoms with E-state index < -0.39 is 5.41 Å². The van der Waals surface area contributed by atoms with Gasteiger partial charge in [-0.2, -0.15) is 12.6 Å². The average Bonchev–Trinajstić information content (AvgIpc) is 3.91. The third kappa shape index (κ3) is 6.02. The minimum absolute atomic E-state index is 0.222. The second-order valence-corrected chi connectivity index (χ2v) is 18.4. The molecule has 0 saturated carbocycles. The Labute approximate surface area is 369 Å². The summed E-state index contributed by atoms with van der Waals surface area (Å²) in [5.74, 6) is 1.14. The minimum Gasteiger partial charge on any atom is -0.310 e. The van der Waals surface area contributed by atoms with Gasteiger partial charge < -0.3 is 9.47 Å². The molecule has 11 rings (SSSR count). The van der Waals surface area contributed by atoms with Gasteiger partial charge in [0.25, 0.3) is 0 Å². The van der Waals surface area contributed by atoms with Gasteiger partial charge in [0, 0.05) is 43.7 Å². The molecule has 0 bridgehead atoms. The van der Waals surface area contributed by atoms with Crippen LogP contribution in [-0.2, 0) is 5.41 Å². The van der Waals surface area contributed by atoms with E-state index in [1.54, 1.807) is 0 Å². The van der Waals surface area contributed by atoms with E-state index in [9.17, 15) is 0 Å². The lowest BCUT2D eigenvalue weighted by atomic mass is 9.70. The zero-order chi connectivity index (χ0) is 41.1. The smallest absolute Gasteiger partial charge is 0.0726 e. The molecule has 9 aromatic rings. The Kier molecular flexibility index (Phi) is 9.67. The van der Waals surface area contributed by atoms with Crippen molar-refractivity contribution in [3.8, 4) is 27.9 Å². The molecule has 1 atom stereocenters. The molecule has 4 heteroatoms. The molecule has 1 spiro atoms. The van der Waals surface area contributed by atoms with Crippen LogP contribution in [0.25, 0.3) is 49.7 Å². The molecule has 1 heterocycles. The zero-order valence-corrected chi connectivity index (χ0v) is 36.4. The van der Waals surface area contributed by atoms with Crippen LogP contribution in [0.1, 0.15) is 72.6 Å². The number of para-hydroxylation sites is 1. The van der Waals surface area contributed by atoms with Crippen molar-refractivity contribution in [2.75, 3.05) is 10.7 Å². The van der Waals surface area contributed by atoms with Crippen molar-refractivity contribution >= 4 is 63.3 Å². The summed E-state index contributed by atoms with van der Waals surface area (Å²) in [6.45, 7) is 4.51. The third-order valence-corrected chi connectivity index (χ3v) is 14.7. The Morgan fingerprint density at radius 2 is 1.08 bits per heavy atom. The first-order valence-corrected chi connectivity index (χ1v) is 23.4. The highest BCUT2D eigenvalue weighted by molar-refractivity contribution is 7.99. The summed E-state index contributed by atoms with van der Waals surface area (Å²) < 4.78 is 2.45. The predicted molar refractivity (Wildman–Crippen MR) is 264 cm³/mol. The Balaban J connectivity index is 1.06. The first-order chi connectivity index (χ1) is 30.1. The van der Waals surface area contributed by atoms with Crippen molar-refractivity contribution in [2.45, 2.75) is 55.1 Å². The molecular formula is C57H48N2S2. The van der Waals surface area contributed by atoms with Crippen molar-refractivity contribution < 1.29 is 0 Å². The molecule has 2 aliphatic carbocycles. The highest BCUT2D eigenvalue weighted by Gasteiger charge is 2.51. The number of unbranched alkanes of at least 4 members (excludes halogenated alkanes) is 1. The van der Waals surface area contributed by atoms with Gasteiger partial charge in [0.1, 0.15) is 0 Å². The summed E-state index contributed by atoms with van der Waals surface area (Å²) in [7, 11) is 0. The molecule has 1 unspecified atom stereocenters. The van der Waals surface area contributed by atoms with Crippen LogP contribution in [0.2, 0.25) is 0 Å². The van der Waals surface area contributed by atoms with Gasteiger partial charge in [-0.3, -0.25) is 0 Å². The first-order valence-electron chi connectivity index (χ1n) is 21.9. The molecule has 0 saturated heterocycles. The van der Waals surface area contributed by atoms with Crippen molar-refractivity contribution in [3.63, 3.8) is 0 Å². The minimum atomic E-state index is -0.407. The Morgan fingerprint density at radius 1 is 0.525 bits per heavy atom. The molecule has 61 heavy (non-hydrogen) atoms. The van der Waals surface area contributed by atoms with E-state index in [0.717, 1.165) is 41.3 Å². The quantitative estimate of drug-likeness (QED) is 0.0790. The third-order valence-electron chi connectivity index (χ3n) is 13.1. The summed E-state index contributed by atoms with van der Waals surface area (Å²) in [4.78, 5) is 3.76. The van der Waals surface area contributed by atoms with Gasteiger partial charge in [-0.15, -0.1) is 11.8 Å². The van der Waals surface area contributed by atoms with Crippen LogP contribution in [0, 0.1) is 0 Å². The Hall–Kier alpha value is -5.94. The van der Waals surface area contributed by atoms with Gasteiger partial charge in [-0.1, -0.05) is 130 Å². The van der Waals surface area contributed by atoms with Crippen molar-refractivity contribution in [1.29, 1.82) is 0 Å². The zero-order valence-electron chi connectivity index (χ0n) is 34.7. The van der Waals surface area contributed by atoms with E-state index >= 15 is 0 Å². The fraction of sp³-hybridized carbons (Fsp3) is 0.158. The predicted octanol–water partition coefficient (Wildman–Crippen LogP) is 16.3. The second kappa shape index (κ2) is 15.5. The van der Waals surface area contributed by atoms with Crippen LogP contribution < -0.4 is 4.90 Å². The van der Waals surface area contributed by atoms with Gasteiger partial charge >= 0.3 is 0 Å². The maximum atomic E-state index is 5.03. The van der Waals surface area contributed by atoms with Crippen LogP contribution in [0.15, 0.2) is 187 Å². The lowest BCUT2D eigenvalue weighted by Gasteiger charge is -2.32. The summed E-state index contributed by atoms with van der Waals surface area (Å²) in [6, 6.07) is 68.4. The average molecular weight is 825 g/mol. The largest absolute Gasteiger partial charge is 0.310 e. The van der Waals surface area contributed by atoms with Crippen LogP contribution in [0.4, 0.5) is 17.1 Å². The molecule has 2 nitrogen and oxygen atoms in total. The number of rotatable bonds is 11. The van der Waals surface area contributed by atoms with E-state index in [1.807, 2.05) is 11.8 Å². The molecule has 0 aliphatic heterocycles. The van der Waals surface area contributed by atoms with Gasteiger partial charge in [0.2, 0.25) is 0 Å².